The smallest absolute Gasteiger partial charge is 0.343 e. The van der Waals surface area contributed by atoms with E-state index in [1.54, 1.807) is 48.5 Å². The third-order valence-corrected chi connectivity index (χ3v) is 4.18. The maximum Gasteiger partial charge on any atom is 0.343 e. The van der Waals surface area contributed by atoms with Crippen LogP contribution in [0.5, 0.6) is 5.75 Å². The second-order valence-electron chi connectivity index (χ2n) is 6.14. The fraction of sp³-hybridized carbons (Fsp3) is 0.150. The number of carboxylic acid groups (broad SMARTS) is 1. The number of amides is 1. The summed E-state index contributed by atoms with van der Waals surface area (Å²) in [6.07, 6.45) is 0.137. The minimum atomic E-state index is -1.10. The summed E-state index contributed by atoms with van der Waals surface area (Å²) in [6.45, 7) is -0.396. The van der Waals surface area contributed by atoms with Crippen LogP contribution in [-0.2, 0) is 11.2 Å². The van der Waals surface area contributed by atoms with Gasteiger partial charge in [0.15, 0.2) is 0 Å². The van der Waals surface area contributed by atoms with Gasteiger partial charge in [0.25, 0.3) is 5.91 Å². The van der Waals surface area contributed by atoms with Crippen molar-refractivity contribution in [2.45, 2.75) is 6.42 Å². The third kappa shape index (κ3) is 3.82. The summed E-state index contributed by atoms with van der Waals surface area (Å²) in [7, 11) is 1.41. The van der Waals surface area contributed by atoms with Crippen LogP contribution in [0.25, 0.3) is 11.0 Å². The van der Waals surface area contributed by atoms with E-state index in [9.17, 15) is 19.5 Å². The Hall–Kier alpha value is -3.61. The van der Waals surface area contributed by atoms with Crippen molar-refractivity contribution < 1.29 is 24.2 Å². The van der Waals surface area contributed by atoms with Gasteiger partial charge in [-0.25, -0.2) is 4.79 Å². The van der Waals surface area contributed by atoms with E-state index in [2.05, 4.69) is 0 Å². The van der Waals surface area contributed by atoms with E-state index >= 15 is 0 Å². The molecule has 2 N–H and O–H groups in total. The SMILES string of the molecule is CN(CC(=O)O)C(=O)c1ccc(Cc2c(O)c3ccccc3oc2=O)cc1. The van der Waals surface area contributed by atoms with Crippen LogP contribution in [-0.4, -0.2) is 40.6 Å². The number of para-hydroxylation sites is 1. The Bertz CT molecular complexity index is 1070. The van der Waals surface area contributed by atoms with E-state index in [-0.39, 0.29) is 17.7 Å². The number of rotatable bonds is 5. The van der Waals surface area contributed by atoms with Crippen LogP contribution in [0.15, 0.2) is 57.7 Å². The molecule has 138 valence electrons. The molecule has 1 amide bonds. The number of aromatic hydroxyl groups is 1. The van der Waals surface area contributed by atoms with Gasteiger partial charge in [0.05, 0.1) is 10.9 Å². The molecule has 0 aliphatic carbocycles. The highest BCUT2D eigenvalue weighted by molar-refractivity contribution is 5.95. The summed E-state index contributed by atoms with van der Waals surface area (Å²) in [5.41, 5.74) is 0.858. The lowest BCUT2D eigenvalue weighted by molar-refractivity contribution is -0.137. The zero-order valence-corrected chi connectivity index (χ0v) is 14.5. The lowest BCUT2D eigenvalue weighted by atomic mass is 10.0. The number of hydrogen-bond donors (Lipinski definition) is 2. The lowest BCUT2D eigenvalue weighted by Gasteiger charge is -2.14. The lowest BCUT2D eigenvalue weighted by Crippen LogP contribution is -2.31. The fourth-order valence-corrected chi connectivity index (χ4v) is 2.79. The van der Waals surface area contributed by atoms with Gasteiger partial charge in [0.2, 0.25) is 0 Å². The molecule has 3 aromatic rings. The summed E-state index contributed by atoms with van der Waals surface area (Å²) in [6, 6.07) is 13.1. The summed E-state index contributed by atoms with van der Waals surface area (Å²) < 4.78 is 5.24. The van der Waals surface area contributed by atoms with E-state index < -0.39 is 24.0 Å². The Balaban J connectivity index is 1.85. The van der Waals surface area contributed by atoms with Crippen molar-refractivity contribution in [1.82, 2.24) is 4.90 Å². The van der Waals surface area contributed by atoms with Crippen LogP contribution >= 0.6 is 0 Å². The Morgan fingerprint density at radius 3 is 2.41 bits per heavy atom. The van der Waals surface area contributed by atoms with Gasteiger partial charge in [-0.15, -0.1) is 0 Å². The van der Waals surface area contributed by atoms with Crippen LogP contribution in [0.3, 0.4) is 0 Å². The number of carboxylic acids is 1. The van der Waals surface area contributed by atoms with Crippen molar-refractivity contribution in [1.29, 1.82) is 0 Å². The number of nitrogens with zero attached hydrogens (tertiary/aromatic N) is 1. The number of carbonyl (C=O) groups is 2. The second-order valence-corrected chi connectivity index (χ2v) is 6.14. The number of carbonyl (C=O) groups excluding carboxylic acids is 1. The molecule has 0 unspecified atom stereocenters. The Labute approximate surface area is 154 Å². The molecule has 0 radical (unpaired) electrons. The minimum Gasteiger partial charge on any atom is -0.507 e. The van der Waals surface area contributed by atoms with Crippen LogP contribution in [0.2, 0.25) is 0 Å². The van der Waals surface area contributed by atoms with E-state index in [1.165, 1.54) is 7.05 Å². The molecular formula is C20H17NO6. The average Bonchev–Trinajstić information content (AvgIpc) is 2.64. The van der Waals surface area contributed by atoms with Crippen molar-refractivity contribution in [3.05, 3.63) is 75.6 Å². The minimum absolute atomic E-state index is 0.122. The highest BCUT2D eigenvalue weighted by Gasteiger charge is 2.16. The average molecular weight is 367 g/mol. The predicted molar refractivity (Wildman–Crippen MR) is 98.0 cm³/mol. The first-order valence-corrected chi connectivity index (χ1v) is 8.16. The molecule has 3 rings (SSSR count). The van der Waals surface area contributed by atoms with Crippen LogP contribution < -0.4 is 5.63 Å². The Morgan fingerprint density at radius 2 is 1.74 bits per heavy atom. The zero-order valence-electron chi connectivity index (χ0n) is 14.5. The van der Waals surface area contributed by atoms with Crippen LogP contribution in [0, 0.1) is 0 Å². The quantitative estimate of drug-likeness (QED) is 0.670. The van der Waals surface area contributed by atoms with Crippen molar-refractivity contribution >= 4 is 22.8 Å². The molecule has 0 aliphatic heterocycles. The van der Waals surface area contributed by atoms with E-state index in [1.807, 2.05) is 0 Å². The number of hydrogen-bond acceptors (Lipinski definition) is 5. The predicted octanol–water partition coefficient (Wildman–Crippen LogP) is 2.25. The van der Waals surface area contributed by atoms with Crippen LogP contribution in [0.1, 0.15) is 21.5 Å². The maximum atomic E-state index is 12.2. The van der Waals surface area contributed by atoms with E-state index in [0.29, 0.717) is 22.1 Å². The molecule has 1 aromatic heterocycles. The monoisotopic (exact) mass is 367 g/mol. The highest BCUT2D eigenvalue weighted by Crippen LogP contribution is 2.27. The number of aliphatic carboxylic acids is 1. The maximum absolute atomic E-state index is 12.2. The first-order chi connectivity index (χ1) is 12.9. The molecule has 0 fully saturated rings. The molecule has 0 atom stereocenters. The largest absolute Gasteiger partial charge is 0.507 e. The molecule has 7 heteroatoms. The molecule has 0 saturated heterocycles. The third-order valence-electron chi connectivity index (χ3n) is 4.18. The van der Waals surface area contributed by atoms with Crippen LogP contribution in [0.4, 0.5) is 0 Å². The second kappa shape index (κ2) is 7.33. The van der Waals surface area contributed by atoms with E-state index in [0.717, 1.165) is 4.90 Å². The zero-order chi connectivity index (χ0) is 19.6. The molecular weight excluding hydrogens is 350 g/mol. The normalized spacial score (nSPS) is 10.7. The van der Waals surface area contributed by atoms with Gasteiger partial charge in [-0.2, -0.15) is 0 Å². The van der Waals surface area contributed by atoms with Crippen molar-refractivity contribution in [3.63, 3.8) is 0 Å². The number of likely N-dealkylation sites (N-methyl/N-ethyl adjacent to an activating group) is 1. The van der Waals surface area contributed by atoms with Crippen molar-refractivity contribution in [3.8, 4) is 5.75 Å². The molecule has 0 aliphatic rings. The fourth-order valence-electron chi connectivity index (χ4n) is 2.79. The molecule has 0 saturated carbocycles. The number of benzene rings is 2. The van der Waals surface area contributed by atoms with Crippen molar-refractivity contribution in [2.24, 2.45) is 0 Å². The standard InChI is InChI=1S/C20H17NO6/c1-21(11-17(22)23)19(25)13-8-6-12(7-9-13)10-15-18(24)14-4-2-3-5-16(14)27-20(15)26/h2-9,24H,10-11H2,1H3,(H,22,23). The molecule has 0 spiro atoms. The van der Waals surface area contributed by atoms with Crippen molar-refractivity contribution in [2.75, 3.05) is 13.6 Å². The number of fused-ring (bicyclic) bond motifs is 1. The van der Waals surface area contributed by atoms with Gasteiger partial charge in [-0.3, -0.25) is 9.59 Å². The van der Waals surface area contributed by atoms with Gasteiger partial charge in [-0.05, 0) is 29.8 Å². The van der Waals surface area contributed by atoms with Gasteiger partial charge in [0, 0.05) is 19.0 Å². The van der Waals surface area contributed by atoms with Gasteiger partial charge in [0.1, 0.15) is 17.9 Å². The Morgan fingerprint density at radius 1 is 1.07 bits per heavy atom. The first kappa shape index (κ1) is 18.2. The first-order valence-electron chi connectivity index (χ1n) is 8.16. The summed E-state index contributed by atoms with van der Waals surface area (Å²) >= 11 is 0. The summed E-state index contributed by atoms with van der Waals surface area (Å²) in [5, 5.41) is 19.6. The van der Waals surface area contributed by atoms with Gasteiger partial charge >= 0.3 is 11.6 Å². The molecule has 1 heterocycles. The van der Waals surface area contributed by atoms with Gasteiger partial charge < -0.3 is 19.5 Å². The van der Waals surface area contributed by atoms with Gasteiger partial charge in [-0.1, -0.05) is 24.3 Å². The molecule has 27 heavy (non-hydrogen) atoms. The Kier molecular flexibility index (Phi) is 4.94. The van der Waals surface area contributed by atoms with E-state index in [4.69, 9.17) is 9.52 Å². The molecule has 7 nitrogen and oxygen atoms in total. The molecule has 2 aromatic carbocycles. The topological polar surface area (TPSA) is 108 Å². The highest BCUT2D eigenvalue weighted by atomic mass is 16.4. The summed E-state index contributed by atoms with van der Waals surface area (Å²) in [5.74, 6) is -1.64. The summed E-state index contributed by atoms with van der Waals surface area (Å²) in [4.78, 5) is 36.1. The molecule has 0 bridgehead atoms.